The van der Waals surface area contributed by atoms with Crippen LogP contribution in [0.5, 0.6) is 17.2 Å². The molecule has 1 atom stereocenters. The molecule has 0 saturated heterocycles. The van der Waals surface area contributed by atoms with E-state index in [1.807, 2.05) is 0 Å². The molecule has 28 heavy (non-hydrogen) atoms. The van der Waals surface area contributed by atoms with Crippen LogP contribution in [-0.4, -0.2) is 29.0 Å². The molecule has 0 fully saturated rings. The van der Waals surface area contributed by atoms with Crippen LogP contribution in [0.25, 0.3) is 10.9 Å². The first-order chi connectivity index (χ1) is 13.2. The van der Waals surface area contributed by atoms with Crippen LogP contribution in [-0.2, 0) is 9.92 Å². The predicted octanol–water partition coefficient (Wildman–Crippen LogP) is 4.30. The minimum Gasteiger partial charge on any atom is -0.497 e. The third-order valence-electron chi connectivity index (χ3n) is 3.73. The fraction of sp³-hybridized carbons (Fsp3) is 0.167. The zero-order valence-corrected chi connectivity index (χ0v) is 15.5. The van der Waals surface area contributed by atoms with Gasteiger partial charge < -0.3 is 9.47 Å². The van der Waals surface area contributed by atoms with Crippen LogP contribution in [0.15, 0.2) is 64.0 Å². The molecule has 0 spiro atoms. The molecule has 1 unspecified atom stereocenters. The lowest BCUT2D eigenvalue weighted by Gasteiger charge is -2.11. The molecule has 2 aromatic carbocycles. The first-order valence-corrected chi connectivity index (χ1v) is 9.54. The van der Waals surface area contributed by atoms with Crippen molar-refractivity contribution in [2.24, 2.45) is 9.50 Å². The molecule has 148 valence electrons. The molecule has 1 heterocycles. The summed E-state index contributed by atoms with van der Waals surface area (Å²) >= 11 is 0. The van der Waals surface area contributed by atoms with Crippen LogP contribution in [0.4, 0.5) is 13.2 Å². The number of ether oxygens (including phenoxy) is 2. The van der Waals surface area contributed by atoms with Gasteiger partial charge in [0.2, 0.25) is 0 Å². The smallest absolute Gasteiger partial charge is 0.408 e. The number of rotatable bonds is 5. The maximum absolute atomic E-state index is 12.3. The molecule has 3 aromatic rings. The summed E-state index contributed by atoms with van der Waals surface area (Å²) in [7, 11) is -2.09. The van der Waals surface area contributed by atoms with Crippen molar-refractivity contribution in [3.63, 3.8) is 0 Å². The number of hydrogen-bond donors (Lipinski definition) is 1. The number of nitrogens with two attached hydrogens (primary N) is 1. The van der Waals surface area contributed by atoms with Crippen molar-refractivity contribution in [3.8, 4) is 17.2 Å². The van der Waals surface area contributed by atoms with Crippen LogP contribution in [0.2, 0.25) is 0 Å². The summed E-state index contributed by atoms with van der Waals surface area (Å²) < 4.78 is 63.1. The van der Waals surface area contributed by atoms with Gasteiger partial charge in [-0.2, -0.15) is 13.2 Å². The number of methoxy groups -OCH3 is 1. The topological polar surface area (TPSA) is 86.8 Å². The highest BCUT2D eigenvalue weighted by atomic mass is 32.2. The fourth-order valence-corrected chi connectivity index (χ4v) is 3.40. The lowest BCUT2D eigenvalue weighted by atomic mass is 10.2. The molecule has 0 aliphatic heterocycles. The Bertz CT molecular complexity index is 1110. The largest absolute Gasteiger partial charge is 0.497 e. The van der Waals surface area contributed by atoms with Crippen molar-refractivity contribution in [1.82, 2.24) is 4.98 Å². The number of pyridine rings is 1. The van der Waals surface area contributed by atoms with Crippen LogP contribution < -0.4 is 14.6 Å². The van der Waals surface area contributed by atoms with Gasteiger partial charge in [0.1, 0.15) is 33.7 Å². The number of alkyl halides is 3. The molecular weight excluding hydrogens is 395 g/mol. The molecular formula is C18H16F3N3O3S. The number of benzene rings is 2. The molecule has 0 saturated carbocycles. The Balaban J connectivity index is 1.85. The third kappa shape index (κ3) is 4.70. The average Bonchev–Trinajstić information content (AvgIpc) is 2.66. The minimum atomic E-state index is -4.57. The van der Waals surface area contributed by atoms with Crippen molar-refractivity contribution >= 4 is 20.8 Å². The highest BCUT2D eigenvalue weighted by molar-refractivity contribution is 7.91. The van der Waals surface area contributed by atoms with Gasteiger partial charge in [-0.25, -0.2) is 13.7 Å². The number of hydrogen-bond acceptors (Lipinski definition) is 5. The second-order valence-electron chi connectivity index (χ2n) is 5.74. The summed E-state index contributed by atoms with van der Waals surface area (Å²) in [5.74, 6) is 1.57. The van der Waals surface area contributed by atoms with Crippen molar-refractivity contribution in [1.29, 1.82) is 0 Å². The van der Waals surface area contributed by atoms with Gasteiger partial charge in [0.15, 0.2) is 0 Å². The quantitative estimate of drug-likeness (QED) is 0.678. The third-order valence-corrected chi connectivity index (χ3v) is 5.20. The van der Waals surface area contributed by atoms with Crippen molar-refractivity contribution < 1.29 is 26.9 Å². The Labute approximate surface area is 159 Å². The normalized spacial score (nSPS) is 13.8. The van der Waals surface area contributed by atoms with Gasteiger partial charge in [-0.05, 0) is 42.5 Å². The minimum absolute atomic E-state index is 0.0200. The number of halogens is 3. The summed E-state index contributed by atoms with van der Waals surface area (Å²) in [5.41, 5.74) is 0.671. The first-order valence-electron chi connectivity index (χ1n) is 7.96. The maximum atomic E-state index is 12.3. The van der Waals surface area contributed by atoms with Crippen molar-refractivity contribution in [2.75, 3.05) is 13.7 Å². The molecule has 2 N–H and O–H groups in total. The van der Waals surface area contributed by atoms with Gasteiger partial charge in [0, 0.05) is 17.6 Å². The highest BCUT2D eigenvalue weighted by Gasteiger charge is 2.27. The van der Waals surface area contributed by atoms with Gasteiger partial charge in [0.25, 0.3) is 0 Å². The molecule has 0 aliphatic rings. The maximum Gasteiger partial charge on any atom is 0.408 e. The van der Waals surface area contributed by atoms with Gasteiger partial charge in [-0.3, -0.25) is 4.98 Å². The SMILES string of the molecule is COc1ccc2c(Oc3ccc(S(N)(=O)=NCC(F)(F)F)cc3)ccnc2c1. The Kier molecular flexibility index (Phi) is 5.43. The van der Waals surface area contributed by atoms with E-state index < -0.39 is 22.6 Å². The monoisotopic (exact) mass is 411 g/mol. The van der Waals surface area contributed by atoms with Crippen LogP contribution in [0.3, 0.4) is 0 Å². The van der Waals surface area contributed by atoms with Gasteiger partial charge in [-0.1, -0.05) is 0 Å². The van der Waals surface area contributed by atoms with Crippen LogP contribution >= 0.6 is 0 Å². The summed E-state index contributed by atoms with van der Waals surface area (Å²) in [6.45, 7) is -1.58. The van der Waals surface area contributed by atoms with Crippen molar-refractivity contribution in [2.45, 2.75) is 11.1 Å². The molecule has 10 heteroatoms. The Morgan fingerprint density at radius 3 is 2.43 bits per heavy atom. The Morgan fingerprint density at radius 2 is 1.79 bits per heavy atom. The molecule has 0 bridgehead atoms. The lowest BCUT2D eigenvalue weighted by Crippen LogP contribution is -2.18. The molecule has 0 aliphatic carbocycles. The van der Waals surface area contributed by atoms with E-state index >= 15 is 0 Å². The number of aromatic nitrogens is 1. The molecule has 3 rings (SSSR count). The van der Waals surface area contributed by atoms with Gasteiger partial charge >= 0.3 is 6.18 Å². The van der Waals surface area contributed by atoms with E-state index in [-0.39, 0.29) is 4.90 Å². The van der Waals surface area contributed by atoms with E-state index in [0.29, 0.717) is 22.8 Å². The highest BCUT2D eigenvalue weighted by Crippen LogP contribution is 2.31. The first kappa shape index (κ1) is 19.9. The van der Waals surface area contributed by atoms with E-state index in [1.54, 1.807) is 37.6 Å². The van der Waals surface area contributed by atoms with Gasteiger partial charge in [0.05, 0.1) is 17.5 Å². The van der Waals surface area contributed by atoms with Gasteiger partial charge in [-0.15, -0.1) is 0 Å². The van der Waals surface area contributed by atoms with E-state index in [9.17, 15) is 17.4 Å². The van der Waals surface area contributed by atoms with E-state index in [2.05, 4.69) is 9.35 Å². The number of nitrogens with zero attached hydrogens (tertiary/aromatic N) is 2. The van der Waals surface area contributed by atoms with Crippen molar-refractivity contribution in [3.05, 3.63) is 54.7 Å². The zero-order chi connectivity index (χ0) is 20.4. The average molecular weight is 411 g/mol. The molecule has 0 amide bonds. The second kappa shape index (κ2) is 7.64. The standard InChI is InChI=1S/C18H16F3N3O3S/c1-26-13-4-7-15-16(10-13)23-9-8-17(15)27-12-2-5-14(6-3-12)28(22,25)24-11-18(19,20)21/h2-10H,11H2,1H3,(H2,22,24,25). The summed E-state index contributed by atoms with van der Waals surface area (Å²) in [4.78, 5) is 4.24. The molecule has 0 radical (unpaired) electrons. The summed E-state index contributed by atoms with van der Waals surface area (Å²) in [5, 5.41) is 6.20. The predicted molar refractivity (Wildman–Crippen MR) is 98.8 cm³/mol. The summed E-state index contributed by atoms with van der Waals surface area (Å²) in [6, 6.07) is 12.6. The second-order valence-corrected chi connectivity index (χ2v) is 7.60. The van der Waals surface area contributed by atoms with Crippen LogP contribution in [0.1, 0.15) is 0 Å². The van der Waals surface area contributed by atoms with E-state index in [1.165, 1.54) is 24.3 Å². The Hall–Kier alpha value is -2.85. The number of fused-ring (bicyclic) bond motifs is 1. The van der Waals surface area contributed by atoms with E-state index in [4.69, 9.17) is 14.6 Å². The fourth-order valence-electron chi connectivity index (χ4n) is 2.39. The van der Waals surface area contributed by atoms with Crippen LogP contribution in [0, 0.1) is 0 Å². The molecule has 1 aromatic heterocycles. The Morgan fingerprint density at radius 1 is 1.11 bits per heavy atom. The summed E-state index contributed by atoms with van der Waals surface area (Å²) in [6.07, 6.45) is -3.00. The lowest BCUT2D eigenvalue weighted by molar-refractivity contribution is -0.117. The van der Waals surface area contributed by atoms with E-state index in [0.717, 1.165) is 5.39 Å². The zero-order valence-electron chi connectivity index (χ0n) is 14.6. The molecule has 6 nitrogen and oxygen atoms in total.